The van der Waals surface area contributed by atoms with Gasteiger partial charge in [-0.1, -0.05) is 6.07 Å². The smallest absolute Gasteiger partial charge is 0.274 e. The fourth-order valence-electron chi connectivity index (χ4n) is 2.83. The SMILES string of the molecule is CCN(CC)c1ccc(NC(=O)c2cc(Nc3c(F)cccc3F)ncn2)cc1. The Morgan fingerprint density at radius 3 is 2.28 bits per heavy atom. The van der Waals surface area contributed by atoms with E-state index in [9.17, 15) is 13.6 Å². The second kappa shape index (κ2) is 9.09. The van der Waals surface area contributed by atoms with E-state index in [0.717, 1.165) is 37.2 Å². The Kier molecular flexibility index (Phi) is 6.33. The highest BCUT2D eigenvalue weighted by Crippen LogP contribution is 2.22. The van der Waals surface area contributed by atoms with Gasteiger partial charge in [0.15, 0.2) is 0 Å². The summed E-state index contributed by atoms with van der Waals surface area (Å²) >= 11 is 0. The topological polar surface area (TPSA) is 70.2 Å². The average Bonchev–Trinajstić information content (AvgIpc) is 2.73. The summed E-state index contributed by atoms with van der Waals surface area (Å²) in [6.07, 6.45) is 1.15. The van der Waals surface area contributed by atoms with Crippen molar-refractivity contribution in [3.8, 4) is 0 Å². The summed E-state index contributed by atoms with van der Waals surface area (Å²) in [6.45, 7) is 5.93. The predicted molar refractivity (Wildman–Crippen MR) is 110 cm³/mol. The molecule has 0 saturated carbocycles. The van der Waals surface area contributed by atoms with Gasteiger partial charge in [-0.3, -0.25) is 4.79 Å². The van der Waals surface area contributed by atoms with Crippen molar-refractivity contribution >= 4 is 28.8 Å². The molecule has 2 aromatic carbocycles. The van der Waals surface area contributed by atoms with Crippen LogP contribution in [0.15, 0.2) is 54.9 Å². The number of carbonyl (C=O) groups excluding carboxylic acids is 1. The van der Waals surface area contributed by atoms with Crippen LogP contribution in [-0.2, 0) is 0 Å². The van der Waals surface area contributed by atoms with Crippen molar-refractivity contribution in [1.29, 1.82) is 0 Å². The Labute approximate surface area is 167 Å². The number of nitrogens with one attached hydrogen (secondary N) is 2. The maximum absolute atomic E-state index is 13.8. The van der Waals surface area contributed by atoms with Gasteiger partial charge >= 0.3 is 0 Å². The molecule has 0 aliphatic carbocycles. The minimum absolute atomic E-state index is 0.0621. The molecule has 3 rings (SSSR count). The van der Waals surface area contributed by atoms with Crippen molar-refractivity contribution in [2.24, 2.45) is 0 Å². The Bertz CT molecular complexity index is 970. The van der Waals surface area contributed by atoms with Gasteiger partial charge in [-0.15, -0.1) is 0 Å². The predicted octanol–water partition coefficient (Wildman–Crippen LogP) is 4.60. The van der Waals surface area contributed by atoms with E-state index in [1.807, 2.05) is 12.1 Å². The van der Waals surface area contributed by atoms with Crippen LogP contribution in [0.3, 0.4) is 0 Å². The van der Waals surface area contributed by atoms with E-state index in [2.05, 4.69) is 39.3 Å². The molecule has 0 aliphatic rings. The molecule has 0 spiro atoms. The number of aromatic nitrogens is 2. The number of benzene rings is 2. The molecule has 1 amide bonds. The van der Waals surface area contributed by atoms with E-state index in [4.69, 9.17) is 0 Å². The van der Waals surface area contributed by atoms with Crippen molar-refractivity contribution in [2.75, 3.05) is 28.6 Å². The number of hydrogen-bond acceptors (Lipinski definition) is 5. The standard InChI is InChI=1S/C21H21F2N5O/c1-3-28(4-2)15-10-8-14(9-11-15)26-21(29)18-12-19(25-13-24-18)27-20-16(22)6-5-7-17(20)23/h5-13H,3-4H2,1-2H3,(H,26,29)(H,24,25,27). The summed E-state index contributed by atoms with van der Waals surface area (Å²) in [5.74, 6) is -1.88. The zero-order chi connectivity index (χ0) is 20.8. The van der Waals surface area contributed by atoms with Gasteiger partial charge < -0.3 is 15.5 Å². The van der Waals surface area contributed by atoms with Gasteiger partial charge in [-0.25, -0.2) is 18.7 Å². The molecule has 29 heavy (non-hydrogen) atoms. The average molecular weight is 397 g/mol. The normalized spacial score (nSPS) is 10.5. The Balaban J connectivity index is 1.73. The van der Waals surface area contributed by atoms with Gasteiger partial charge in [-0.05, 0) is 50.2 Å². The fraction of sp³-hybridized carbons (Fsp3) is 0.190. The highest BCUT2D eigenvalue weighted by molar-refractivity contribution is 6.03. The summed E-state index contributed by atoms with van der Waals surface area (Å²) in [7, 11) is 0. The first-order valence-corrected chi connectivity index (χ1v) is 9.21. The molecule has 0 radical (unpaired) electrons. The first-order chi connectivity index (χ1) is 14.0. The van der Waals surface area contributed by atoms with Crippen LogP contribution in [-0.4, -0.2) is 29.0 Å². The van der Waals surface area contributed by atoms with Crippen LogP contribution in [0.25, 0.3) is 0 Å². The Hall–Kier alpha value is -3.55. The monoisotopic (exact) mass is 397 g/mol. The Morgan fingerprint density at radius 2 is 1.66 bits per heavy atom. The lowest BCUT2D eigenvalue weighted by Crippen LogP contribution is -2.21. The number of para-hydroxylation sites is 1. The first kappa shape index (κ1) is 20.2. The van der Waals surface area contributed by atoms with E-state index in [1.54, 1.807) is 12.1 Å². The third-order valence-corrected chi connectivity index (χ3v) is 4.37. The molecule has 150 valence electrons. The van der Waals surface area contributed by atoms with Crippen LogP contribution >= 0.6 is 0 Å². The summed E-state index contributed by atoms with van der Waals surface area (Å²) < 4.78 is 27.6. The van der Waals surface area contributed by atoms with Gasteiger partial charge in [0.25, 0.3) is 5.91 Å². The molecule has 0 atom stereocenters. The van der Waals surface area contributed by atoms with E-state index in [-0.39, 0.29) is 17.2 Å². The lowest BCUT2D eigenvalue weighted by molar-refractivity contribution is 0.102. The van der Waals surface area contributed by atoms with Crippen molar-refractivity contribution in [1.82, 2.24) is 9.97 Å². The van der Waals surface area contributed by atoms with Crippen molar-refractivity contribution < 1.29 is 13.6 Å². The molecule has 0 saturated heterocycles. The number of carbonyl (C=O) groups is 1. The molecule has 1 heterocycles. The van der Waals surface area contributed by atoms with Crippen LogP contribution in [0.4, 0.5) is 31.7 Å². The maximum Gasteiger partial charge on any atom is 0.274 e. The van der Waals surface area contributed by atoms with Crippen LogP contribution in [0.5, 0.6) is 0 Å². The van der Waals surface area contributed by atoms with Crippen molar-refractivity contribution in [2.45, 2.75) is 13.8 Å². The number of anilines is 4. The van der Waals surface area contributed by atoms with Crippen LogP contribution in [0.2, 0.25) is 0 Å². The highest BCUT2D eigenvalue weighted by Gasteiger charge is 2.13. The largest absolute Gasteiger partial charge is 0.372 e. The molecule has 0 aliphatic heterocycles. The number of amides is 1. The summed E-state index contributed by atoms with van der Waals surface area (Å²) in [6, 6.07) is 12.3. The molecule has 1 aromatic heterocycles. The second-order valence-electron chi connectivity index (χ2n) is 6.18. The van der Waals surface area contributed by atoms with E-state index >= 15 is 0 Å². The van der Waals surface area contributed by atoms with Gasteiger partial charge in [0.2, 0.25) is 0 Å². The molecule has 0 unspecified atom stereocenters. The van der Waals surface area contributed by atoms with Crippen molar-refractivity contribution in [3.05, 3.63) is 72.2 Å². The maximum atomic E-state index is 13.8. The van der Waals surface area contributed by atoms with Crippen LogP contribution in [0, 0.1) is 11.6 Å². The molecular formula is C21H21F2N5O. The lowest BCUT2D eigenvalue weighted by atomic mass is 10.2. The summed E-state index contributed by atoms with van der Waals surface area (Å²) in [4.78, 5) is 22.5. The number of rotatable bonds is 7. The zero-order valence-electron chi connectivity index (χ0n) is 16.1. The molecule has 0 fully saturated rings. The molecule has 3 aromatic rings. The third-order valence-electron chi connectivity index (χ3n) is 4.37. The minimum atomic E-state index is -0.761. The van der Waals surface area contributed by atoms with Gasteiger partial charge in [0.1, 0.15) is 35.2 Å². The summed E-state index contributed by atoms with van der Waals surface area (Å²) in [5.41, 5.74) is 1.39. The fourth-order valence-corrected chi connectivity index (χ4v) is 2.83. The third kappa shape index (κ3) is 4.84. The number of hydrogen-bond donors (Lipinski definition) is 2. The quantitative estimate of drug-likeness (QED) is 0.610. The van der Waals surface area contributed by atoms with E-state index in [1.165, 1.54) is 12.1 Å². The highest BCUT2D eigenvalue weighted by atomic mass is 19.1. The van der Waals surface area contributed by atoms with Gasteiger partial charge in [0, 0.05) is 30.5 Å². The van der Waals surface area contributed by atoms with Crippen LogP contribution in [0.1, 0.15) is 24.3 Å². The second-order valence-corrected chi connectivity index (χ2v) is 6.18. The number of nitrogens with zero attached hydrogens (tertiary/aromatic N) is 3. The van der Waals surface area contributed by atoms with Gasteiger partial charge in [-0.2, -0.15) is 0 Å². The lowest BCUT2D eigenvalue weighted by Gasteiger charge is -2.21. The Morgan fingerprint density at radius 1 is 1.00 bits per heavy atom. The van der Waals surface area contributed by atoms with Gasteiger partial charge in [0.05, 0.1) is 0 Å². The molecule has 6 nitrogen and oxygen atoms in total. The van der Waals surface area contributed by atoms with Crippen LogP contribution < -0.4 is 15.5 Å². The zero-order valence-corrected chi connectivity index (χ0v) is 16.1. The first-order valence-electron chi connectivity index (χ1n) is 9.21. The van der Waals surface area contributed by atoms with Crippen molar-refractivity contribution in [3.63, 3.8) is 0 Å². The molecule has 8 heteroatoms. The minimum Gasteiger partial charge on any atom is -0.372 e. The van der Waals surface area contributed by atoms with E-state index in [0.29, 0.717) is 5.69 Å². The molecule has 2 N–H and O–H groups in total. The van der Waals surface area contributed by atoms with E-state index < -0.39 is 17.5 Å². The molecule has 0 bridgehead atoms. The molecular weight excluding hydrogens is 376 g/mol. The number of halogens is 2. The summed E-state index contributed by atoms with van der Waals surface area (Å²) in [5, 5.41) is 5.30.